The van der Waals surface area contributed by atoms with Crippen molar-refractivity contribution in [3.05, 3.63) is 170 Å². The average Bonchev–Trinajstić information content (AvgIpc) is 3.30. The molecular weight excluding hydrogens is 458 g/mol. The molecule has 5 rings (SSSR count). The van der Waals surface area contributed by atoms with Gasteiger partial charge >= 0.3 is 0 Å². The van der Waals surface area contributed by atoms with Crippen LogP contribution in [0, 0.1) is 0 Å². The quantitative estimate of drug-likeness (QED) is 0.191. The Morgan fingerprint density at radius 2 is 1.47 bits per heavy atom. The number of para-hydroxylation sites is 1. The van der Waals surface area contributed by atoms with Crippen molar-refractivity contribution in [2.75, 3.05) is 0 Å². The van der Waals surface area contributed by atoms with Crippen LogP contribution in [0.5, 0.6) is 0 Å². The van der Waals surface area contributed by atoms with E-state index in [1.165, 1.54) is 27.4 Å². The summed E-state index contributed by atoms with van der Waals surface area (Å²) in [5.74, 6) is 0. The topological polar surface area (TPSA) is 4.93 Å². The molecule has 0 aliphatic rings. The molecule has 1 heteroatoms. The molecule has 0 saturated carbocycles. The number of hydrogen-bond acceptors (Lipinski definition) is 0. The lowest BCUT2D eigenvalue weighted by Gasteiger charge is -2.12. The second kappa shape index (κ2) is 11.0. The zero-order valence-electron chi connectivity index (χ0n) is 21.8. The van der Waals surface area contributed by atoms with E-state index in [0.717, 1.165) is 33.5 Å². The molecular formula is C37H31N. The molecule has 5 aromatic rings. The van der Waals surface area contributed by atoms with Crippen molar-refractivity contribution in [1.82, 2.24) is 4.57 Å². The minimum atomic E-state index is 0.930. The van der Waals surface area contributed by atoms with Gasteiger partial charge in [-0.3, -0.25) is 0 Å². The highest BCUT2D eigenvalue weighted by molar-refractivity contribution is 6.10. The maximum absolute atomic E-state index is 4.22. The summed E-state index contributed by atoms with van der Waals surface area (Å²) in [6.07, 6.45) is 11.8. The number of rotatable bonds is 8. The first kappa shape index (κ1) is 24.8. The average molecular weight is 490 g/mol. The molecule has 0 spiro atoms. The third-order valence-electron chi connectivity index (χ3n) is 6.86. The third kappa shape index (κ3) is 4.75. The van der Waals surface area contributed by atoms with E-state index in [1.807, 2.05) is 25.2 Å². The zero-order valence-corrected chi connectivity index (χ0v) is 21.8. The number of allylic oxidation sites excluding steroid dienone is 9. The maximum Gasteiger partial charge on any atom is 0.0547 e. The van der Waals surface area contributed by atoms with Crippen molar-refractivity contribution in [2.24, 2.45) is 0 Å². The predicted octanol–water partition coefficient (Wildman–Crippen LogP) is 10.3. The molecule has 0 N–H and O–H groups in total. The Balaban J connectivity index is 1.70. The molecule has 184 valence electrons. The van der Waals surface area contributed by atoms with Gasteiger partial charge in [-0.1, -0.05) is 123 Å². The molecule has 0 amide bonds. The fraction of sp³-hybridized carbons (Fsp3) is 0.0270. The van der Waals surface area contributed by atoms with Gasteiger partial charge in [0.05, 0.1) is 11.0 Å². The largest absolute Gasteiger partial charge is 0.309 e. The summed E-state index contributed by atoms with van der Waals surface area (Å²) < 4.78 is 2.36. The van der Waals surface area contributed by atoms with Crippen LogP contribution in [-0.4, -0.2) is 4.57 Å². The Morgan fingerprint density at radius 3 is 2.24 bits per heavy atom. The highest BCUT2D eigenvalue weighted by Gasteiger charge is 2.14. The van der Waals surface area contributed by atoms with Gasteiger partial charge in [-0.2, -0.15) is 0 Å². The van der Waals surface area contributed by atoms with E-state index in [2.05, 4.69) is 134 Å². The van der Waals surface area contributed by atoms with Crippen LogP contribution < -0.4 is 0 Å². The normalized spacial score (nSPS) is 12.3. The molecule has 38 heavy (non-hydrogen) atoms. The van der Waals surface area contributed by atoms with Gasteiger partial charge < -0.3 is 4.57 Å². The van der Waals surface area contributed by atoms with Gasteiger partial charge in [0.25, 0.3) is 0 Å². The summed E-state index contributed by atoms with van der Waals surface area (Å²) in [6.45, 7) is 14.1. The Labute approximate surface area is 225 Å². The molecule has 1 aromatic heterocycles. The highest BCUT2D eigenvalue weighted by Crippen LogP contribution is 2.35. The zero-order chi connectivity index (χ0) is 26.5. The number of nitrogens with zero attached hydrogens (tertiary/aromatic N) is 1. The van der Waals surface area contributed by atoms with Crippen LogP contribution in [0.1, 0.15) is 12.5 Å². The molecule has 0 aliphatic heterocycles. The third-order valence-corrected chi connectivity index (χ3v) is 6.86. The SMILES string of the molecule is C=C/C=C\C(=C)C(=C/C)/C=C(\C=C)c1ccc2c3ccccc3n(-c3cccc(-c4ccccc4)c3)c2c1. The van der Waals surface area contributed by atoms with Crippen LogP contribution in [0.25, 0.3) is 44.2 Å². The van der Waals surface area contributed by atoms with Crippen LogP contribution in [0.15, 0.2) is 164 Å². The maximum atomic E-state index is 4.22. The summed E-state index contributed by atoms with van der Waals surface area (Å²) in [7, 11) is 0. The number of aromatic nitrogens is 1. The van der Waals surface area contributed by atoms with Gasteiger partial charge in [0.1, 0.15) is 0 Å². The summed E-state index contributed by atoms with van der Waals surface area (Å²) in [5, 5.41) is 2.46. The second-order valence-corrected chi connectivity index (χ2v) is 9.17. The van der Waals surface area contributed by atoms with Crippen LogP contribution in [-0.2, 0) is 0 Å². The summed E-state index contributed by atoms with van der Waals surface area (Å²) >= 11 is 0. The van der Waals surface area contributed by atoms with E-state index in [-0.39, 0.29) is 0 Å². The molecule has 0 unspecified atom stereocenters. The van der Waals surface area contributed by atoms with E-state index in [4.69, 9.17) is 0 Å². The second-order valence-electron chi connectivity index (χ2n) is 9.17. The molecule has 0 bridgehead atoms. The van der Waals surface area contributed by atoms with Gasteiger partial charge in [-0.05, 0) is 70.7 Å². The summed E-state index contributed by atoms with van der Waals surface area (Å²) in [5.41, 5.74) is 10.0. The van der Waals surface area contributed by atoms with E-state index in [1.54, 1.807) is 6.08 Å². The highest BCUT2D eigenvalue weighted by atomic mass is 15.0. The number of hydrogen-bond donors (Lipinski definition) is 0. The number of benzene rings is 4. The lowest BCUT2D eigenvalue weighted by atomic mass is 9.98. The Bertz CT molecular complexity index is 1750. The lowest BCUT2D eigenvalue weighted by molar-refractivity contribution is 1.18. The molecule has 0 saturated heterocycles. The minimum absolute atomic E-state index is 0.930. The van der Waals surface area contributed by atoms with Gasteiger partial charge in [0.2, 0.25) is 0 Å². The van der Waals surface area contributed by atoms with Crippen molar-refractivity contribution in [3.8, 4) is 16.8 Å². The van der Waals surface area contributed by atoms with Crippen LogP contribution in [0.2, 0.25) is 0 Å². The molecule has 0 radical (unpaired) electrons. The fourth-order valence-corrected chi connectivity index (χ4v) is 4.95. The minimum Gasteiger partial charge on any atom is -0.309 e. The molecule has 1 heterocycles. The molecule has 1 nitrogen and oxygen atoms in total. The Morgan fingerprint density at radius 1 is 0.737 bits per heavy atom. The summed E-state index contributed by atoms with van der Waals surface area (Å²) in [6, 6.07) is 34.6. The fourth-order valence-electron chi connectivity index (χ4n) is 4.95. The first-order chi connectivity index (χ1) is 18.6. The Kier molecular flexibility index (Phi) is 7.19. The van der Waals surface area contributed by atoms with Gasteiger partial charge in [0, 0.05) is 16.5 Å². The molecule has 0 atom stereocenters. The van der Waals surface area contributed by atoms with Crippen LogP contribution in [0.3, 0.4) is 0 Å². The van der Waals surface area contributed by atoms with Gasteiger partial charge in [0.15, 0.2) is 0 Å². The van der Waals surface area contributed by atoms with Gasteiger partial charge in [-0.15, -0.1) is 0 Å². The molecule has 4 aromatic carbocycles. The molecule has 0 fully saturated rings. The van der Waals surface area contributed by atoms with Crippen molar-refractivity contribution in [1.29, 1.82) is 0 Å². The van der Waals surface area contributed by atoms with E-state index < -0.39 is 0 Å². The Hall–Kier alpha value is -4.88. The van der Waals surface area contributed by atoms with Crippen LogP contribution >= 0.6 is 0 Å². The van der Waals surface area contributed by atoms with Crippen molar-refractivity contribution in [3.63, 3.8) is 0 Å². The molecule has 0 aliphatic carbocycles. The van der Waals surface area contributed by atoms with E-state index in [0.29, 0.717) is 0 Å². The predicted molar refractivity (Wildman–Crippen MR) is 167 cm³/mol. The van der Waals surface area contributed by atoms with E-state index >= 15 is 0 Å². The van der Waals surface area contributed by atoms with Gasteiger partial charge in [-0.25, -0.2) is 0 Å². The van der Waals surface area contributed by atoms with Crippen LogP contribution in [0.4, 0.5) is 0 Å². The first-order valence-electron chi connectivity index (χ1n) is 12.8. The lowest BCUT2D eigenvalue weighted by Crippen LogP contribution is -1.95. The van der Waals surface area contributed by atoms with E-state index in [9.17, 15) is 0 Å². The standard InChI is InChI=1S/C37H31N/c1-5-8-15-27(4)28(6-2)24-29(7-3)32-22-23-35-34-20-12-13-21-36(34)38(37(35)26-32)33-19-14-18-31(25-33)30-16-10-9-11-17-30/h5-26H,1,3-4H2,2H3/b15-8-,28-6+,29-24+. The van der Waals surface area contributed by atoms with Crippen molar-refractivity contribution < 1.29 is 0 Å². The van der Waals surface area contributed by atoms with Crippen molar-refractivity contribution >= 4 is 27.4 Å². The number of fused-ring (bicyclic) bond motifs is 3. The van der Waals surface area contributed by atoms with Crippen molar-refractivity contribution in [2.45, 2.75) is 6.92 Å². The monoisotopic (exact) mass is 489 g/mol. The smallest absolute Gasteiger partial charge is 0.0547 e. The first-order valence-corrected chi connectivity index (χ1v) is 12.8. The summed E-state index contributed by atoms with van der Waals surface area (Å²) in [4.78, 5) is 0.